The Morgan fingerprint density at radius 3 is 2.33 bits per heavy atom. The molecule has 3 fully saturated rings. The summed E-state index contributed by atoms with van der Waals surface area (Å²) in [5.41, 5.74) is 0.175. The zero-order valence-electron chi connectivity index (χ0n) is 19.5. The molecular formula is C24H34N2O6S. The highest BCUT2D eigenvalue weighted by Gasteiger charge is 2.48. The molecule has 3 unspecified atom stereocenters. The Kier molecular flexibility index (Phi) is 7.28. The lowest BCUT2D eigenvalue weighted by Crippen LogP contribution is -2.46. The highest BCUT2D eigenvalue weighted by molar-refractivity contribution is 7.89. The van der Waals surface area contributed by atoms with Crippen LogP contribution in [-0.2, 0) is 19.6 Å². The maximum atomic E-state index is 13.9. The molecule has 3 aliphatic rings. The number of likely N-dealkylation sites (tertiary alicyclic amines) is 1. The molecule has 2 heterocycles. The van der Waals surface area contributed by atoms with Gasteiger partial charge < -0.3 is 14.4 Å². The molecule has 0 spiro atoms. The molecule has 2 saturated heterocycles. The third-order valence-corrected chi connectivity index (χ3v) is 9.29. The second kappa shape index (κ2) is 10.0. The van der Waals surface area contributed by atoms with Gasteiger partial charge in [0.05, 0.1) is 24.7 Å². The summed E-state index contributed by atoms with van der Waals surface area (Å²) in [6.07, 6.45) is 8.17. The van der Waals surface area contributed by atoms with Gasteiger partial charge in [-0.1, -0.05) is 25.7 Å². The molecule has 9 heteroatoms. The van der Waals surface area contributed by atoms with Crippen molar-refractivity contribution in [3.63, 3.8) is 0 Å². The fourth-order valence-corrected chi connectivity index (χ4v) is 7.23. The number of sulfonamides is 1. The summed E-state index contributed by atoms with van der Waals surface area (Å²) in [6.45, 7) is 0.968. The minimum absolute atomic E-state index is 0.0501. The Labute approximate surface area is 196 Å². The Bertz CT molecular complexity index is 987. The van der Waals surface area contributed by atoms with Crippen LogP contribution < -0.4 is 4.74 Å². The number of esters is 1. The van der Waals surface area contributed by atoms with Crippen LogP contribution in [0.25, 0.3) is 0 Å². The summed E-state index contributed by atoms with van der Waals surface area (Å²) in [6, 6.07) is 3.75. The van der Waals surface area contributed by atoms with Gasteiger partial charge in [0.15, 0.2) is 0 Å². The molecule has 1 saturated carbocycles. The summed E-state index contributed by atoms with van der Waals surface area (Å²) in [4.78, 5) is 28.1. The first-order valence-electron chi connectivity index (χ1n) is 12.0. The van der Waals surface area contributed by atoms with Crippen LogP contribution in [0.15, 0.2) is 23.1 Å². The predicted molar refractivity (Wildman–Crippen MR) is 123 cm³/mol. The minimum Gasteiger partial charge on any atom is -0.496 e. The van der Waals surface area contributed by atoms with E-state index >= 15 is 0 Å². The normalized spacial score (nSPS) is 26.4. The summed E-state index contributed by atoms with van der Waals surface area (Å²) < 4.78 is 38.7. The summed E-state index contributed by atoms with van der Waals surface area (Å²) >= 11 is 0. The summed E-state index contributed by atoms with van der Waals surface area (Å²) in [5.74, 6) is -0.242. The summed E-state index contributed by atoms with van der Waals surface area (Å²) in [5, 5.41) is 0. The van der Waals surface area contributed by atoms with Gasteiger partial charge in [0.25, 0.3) is 5.91 Å². The second-order valence-electron chi connectivity index (χ2n) is 9.28. The average Bonchev–Trinajstić information content (AvgIpc) is 3.00. The van der Waals surface area contributed by atoms with E-state index in [4.69, 9.17) is 9.47 Å². The van der Waals surface area contributed by atoms with Crippen molar-refractivity contribution in [3.05, 3.63) is 23.8 Å². The van der Waals surface area contributed by atoms with Crippen LogP contribution in [-0.4, -0.2) is 68.9 Å². The molecule has 0 N–H and O–H groups in total. The molecule has 0 aromatic heterocycles. The van der Waals surface area contributed by atoms with Crippen LogP contribution in [0, 0.1) is 5.92 Å². The standard InChI is InChI=1S/C24H34N2O6S/c1-31-22-12-11-18(33(29,30)25-13-7-3-4-8-14-25)16-19(22)23(27)26-20-10-6-5-9-17(20)15-21(26)24(28)32-2/h11-12,16-17,20-21H,3-10,13-15H2,1-2H3. The zero-order chi connectivity index (χ0) is 23.6. The van der Waals surface area contributed by atoms with E-state index in [0.29, 0.717) is 25.3 Å². The number of nitrogens with zero attached hydrogens (tertiary/aromatic N) is 2. The van der Waals surface area contributed by atoms with E-state index in [9.17, 15) is 18.0 Å². The SMILES string of the molecule is COC(=O)C1CC2CCCCC2N1C(=O)c1cc(S(=O)(=O)N2CCCCCC2)ccc1OC. The first kappa shape index (κ1) is 24.0. The number of carbonyl (C=O) groups excluding carboxylic acids is 2. The third-order valence-electron chi connectivity index (χ3n) is 7.40. The molecule has 1 aromatic rings. The number of benzene rings is 1. The maximum absolute atomic E-state index is 13.9. The Morgan fingerprint density at radius 2 is 1.67 bits per heavy atom. The minimum atomic E-state index is -3.73. The number of fused-ring (bicyclic) bond motifs is 1. The van der Waals surface area contributed by atoms with Crippen molar-refractivity contribution in [2.24, 2.45) is 5.92 Å². The highest BCUT2D eigenvalue weighted by Crippen LogP contribution is 2.41. The predicted octanol–water partition coefficient (Wildman–Crippen LogP) is 3.21. The van der Waals surface area contributed by atoms with Crippen LogP contribution in [0.2, 0.25) is 0 Å². The lowest BCUT2D eigenvalue weighted by molar-refractivity contribution is -0.145. The van der Waals surface area contributed by atoms with Gasteiger partial charge in [-0.3, -0.25) is 4.79 Å². The van der Waals surface area contributed by atoms with Gasteiger partial charge in [0.2, 0.25) is 10.0 Å². The molecule has 1 amide bonds. The molecule has 0 radical (unpaired) electrons. The molecule has 182 valence electrons. The van der Waals surface area contributed by atoms with E-state index in [1.54, 1.807) is 11.0 Å². The molecule has 3 atom stereocenters. The molecule has 33 heavy (non-hydrogen) atoms. The average molecular weight is 479 g/mol. The van der Waals surface area contributed by atoms with Crippen LogP contribution in [0.3, 0.4) is 0 Å². The van der Waals surface area contributed by atoms with Crippen LogP contribution in [0.4, 0.5) is 0 Å². The van der Waals surface area contributed by atoms with Gasteiger partial charge in [-0.15, -0.1) is 0 Å². The Hall–Kier alpha value is -2.13. The van der Waals surface area contributed by atoms with Crippen molar-refractivity contribution in [1.82, 2.24) is 9.21 Å². The quantitative estimate of drug-likeness (QED) is 0.604. The van der Waals surface area contributed by atoms with E-state index in [1.807, 2.05) is 0 Å². The van der Waals surface area contributed by atoms with Crippen molar-refractivity contribution in [2.75, 3.05) is 27.3 Å². The van der Waals surface area contributed by atoms with Crippen LogP contribution in [0.5, 0.6) is 5.75 Å². The third kappa shape index (κ3) is 4.62. The number of amides is 1. The Morgan fingerprint density at radius 1 is 0.970 bits per heavy atom. The van der Waals surface area contributed by atoms with Crippen molar-refractivity contribution in [3.8, 4) is 5.75 Å². The topological polar surface area (TPSA) is 93.2 Å². The highest BCUT2D eigenvalue weighted by atomic mass is 32.2. The fraction of sp³-hybridized carbons (Fsp3) is 0.667. The first-order chi connectivity index (χ1) is 15.9. The largest absolute Gasteiger partial charge is 0.496 e. The van der Waals surface area contributed by atoms with Gasteiger partial charge in [0, 0.05) is 19.1 Å². The number of rotatable bonds is 5. The van der Waals surface area contributed by atoms with E-state index < -0.39 is 22.0 Å². The molecule has 1 aliphatic carbocycles. The van der Waals surface area contributed by atoms with Gasteiger partial charge in [-0.2, -0.15) is 4.31 Å². The number of carbonyl (C=O) groups is 2. The molecule has 1 aromatic carbocycles. The zero-order valence-corrected chi connectivity index (χ0v) is 20.3. The van der Waals surface area contributed by atoms with E-state index in [2.05, 4.69) is 0 Å². The lowest BCUT2D eigenvalue weighted by Gasteiger charge is -2.33. The molecule has 0 bridgehead atoms. The fourth-order valence-electron chi connectivity index (χ4n) is 5.68. The van der Waals surface area contributed by atoms with Gasteiger partial charge in [0.1, 0.15) is 11.8 Å². The van der Waals surface area contributed by atoms with E-state index in [1.165, 1.54) is 30.7 Å². The number of hydrogen-bond acceptors (Lipinski definition) is 6. The Balaban J connectivity index is 1.71. The van der Waals surface area contributed by atoms with Crippen LogP contribution >= 0.6 is 0 Å². The lowest BCUT2D eigenvalue weighted by atomic mass is 9.84. The monoisotopic (exact) mass is 478 g/mol. The first-order valence-corrected chi connectivity index (χ1v) is 13.4. The van der Waals surface area contributed by atoms with Crippen molar-refractivity contribution >= 4 is 21.9 Å². The number of hydrogen-bond donors (Lipinski definition) is 0. The van der Waals surface area contributed by atoms with E-state index in [-0.39, 0.29) is 28.3 Å². The van der Waals surface area contributed by atoms with Crippen molar-refractivity contribution < 1.29 is 27.5 Å². The van der Waals surface area contributed by atoms with E-state index in [0.717, 1.165) is 51.4 Å². The molecular weight excluding hydrogens is 444 g/mol. The molecule has 4 rings (SSSR count). The number of methoxy groups -OCH3 is 2. The van der Waals surface area contributed by atoms with Crippen molar-refractivity contribution in [1.29, 1.82) is 0 Å². The van der Waals surface area contributed by atoms with Gasteiger partial charge in [-0.05, 0) is 56.2 Å². The maximum Gasteiger partial charge on any atom is 0.328 e. The van der Waals surface area contributed by atoms with Gasteiger partial charge >= 0.3 is 5.97 Å². The summed E-state index contributed by atoms with van der Waals surface area (Å²) in [7, 11) is -0.938. The smallest absolute Gasteiger partial charge is 0.328 e. The molecule has 8 nitrogen and oxygen atoms in total. The second-order valence-corrected chi connectivity index (χ2v) is 11.2. The van der Waals surface area contributed by atoms with Gasteiger partial charge in [-0.25, -0.2) is 13.2 Å². The number of ether oxygens (including phenoxy) is 2. The van der Waals surface area contributed by atoms with Crippen LogP contribution in [0.1, 0.15) is 68.1 Å². The molecule has 2 aliphatic heterocycles. The van der Waals surface area contributed by atoms with Crippen molar-refractivity contribution in [2.45, 2.75) is 74.8 Å².